The van der Waals surface area contributed by atoms with E-state index in [-0.39, 0.29) is 12.4 Å². The maximum absolute atomic E-state index is 13.8. The van der Waals surface area contributed by atoms with Crippen LogP contribution in [0.2, 0.25) is 0 Å². The van der Waals surface area contributed by atoms with Crippen LogP contribution in [0.5, 0.6) is 0 Å². The highest BCUT2D eigenvalue weighted by atomic mass is 16.3. The highest BCUT2D eigenvalue weighted by molar-refractivity contribution is 6.11. The van der Waals surface area contributed by atoms with Crippen LogP contribution in [-0.2, 0) is 13.0 Å². The number of nitrogens with zero attached hydrogens (tertiary/aromatic N) is 2. The van der Waals surface area contributed by atoms with Gasteiger partial charge in [-0.1, -0.05) is 72.3 Å². The second kappa shape index (κ2) is 10.7. The molecule has 0 aliphatic rings. The smallest absolute Gasteiger partial charge is 0.186 e. The Labute approximate surface area is 210 Å². The van der Waals surface area contributed by atoms with E-state index >= 15 is 0 Å². The molecule has 3 N–H and O–H groups in total. The van der Waals surface area contributed by atoms with E-state index in [1.54, 1.807) is 10.9 Å². The highest BCUT2D eigenvalue weighted by Crippen LogP contribution is 2.29. The molecule has 6 heteroatoms. The van der Waals surface area contributed by atoms with E-state index in [4.69, 9.17) is 5.11 Å². The van der Waals surface area contributed by atoms with Gasteiger partial charge >= 0.3 is 0 Å². The van der Waals surface area contributed by atoms with E-state index in [0.29, 0.717) is 18.7 Å². The van der Waals surface area contributed by atoms with Crippen LogP contribution in [0.1, 0.15) is 33.1 Å². The number of aromatic nitrogens is 3. The van der Waals surface area contributed by atoms with Crippen molar-refractivity contribution in [3.8, 4) is 11.1 Å². The van der Waals surface area contributed by atoms with Crippen LogP contribution in [-0.4, -0.2) is 38.8 Å². The summed E-state index contributed by atoms with van der Waals surface area (Å²) in [5.74, 6) is 0.0415. The zero-order chi connectivity index (χ0) is 24.9. The second-order valence-corrected chi connectivity index (χ2v) is 9.08. The first-order chi connectivity index (χ1) is 17.6. The van der Waals surface area contributed by atoms with Crippen molar-refractivity contribution in [2.45, 2.75) is 25.9 Å². The number of aromatic amines is 1. The van der Waals surface area contributed by atoms with Crippen LogP contribution < -0.4 is 5.32 Å². The molecule has 2 heterocycles. The minimum Gasteiger partial charge on any atom is -0.394 e. The van der Waals surface area contributed by atoms with Gasteiger partial charge in [-0.3, -0.25) is 9.48 Å². The van der Waals surface area contributed by atoms with Gasteiger partial charge in [0.2, 0.25) is 0 Å². The Balaban J connectivity index is 1.38. The lowest BCUT2D eigenvalue weighted by molar-refractivity contribution is 0.0945. The van der Waals surface area contributed by atoms with E-state index in [1.807, 2.05) is 60.9 Å². The molecule has 0 saturated heterocycles. The van der Waals surface area contributed by atoms with Crippen LogP contribution in [0, 0.1) is 6.92 Å². The number of nitrogens with one attached hydrogen (secondary N) is 2. The van der Waals surface area contributed by atoms with Crippen molar-refractivity contribution in [3.63, 3.8) is 0 Å². The van der Waals surface area contributed by atoms with E-state index in [1.165, 1.54) is 11.1 Å². The second-order valence-electron chi connectivity index (χ2n) is 9.08. The third kappa shape index (κ3) is 5.15. The molecule has 0 saturated carbocycles. The van der Waals surface area contributed by atoms with E-state index < -0.39 is 6.04 Å². The van der Waals surface area contributed by atoms with Gasteiger partial charge in [0.1, 0.15) is 0 Å². The quantitative estimate of drug-likeness (QED) is 0.244. The standard InChI is InChI=1S/C30H30N4O2/c1-21-7-9-22(10-8-21)13-14-31-29(23-5-3-2-4-6-23)30(36)27-19-32-28-17-24(11-12-26(27)28)25-18-33-34(20-25)15-16-35/h2-12,17-20,29,31-32,35H,13-16H2,1H3/t29-/m1/s1. The lowest BCUT2D eigenvalue weighted by Crippen LogP contribution is -2.30. The average molecular weight is 479 g/mol. The van der Waals surface area contributed by atoms with Crippen LogP contribution >= 0.6 is 0 Å². The summed E-state index contributed by atoms with van der Waals surface area (Å²) in [4.78, 5) is 17.1. The lowest BCUT2D eigenvalue weighted by atomic mass is 9.96. The Morgan fingerprint density at radius 3 is 2.64 bits per heavy atom. The number of hydrogen-bond donors (Lipinski definition) is 3. The van der Waals surface area contributed by atoms with Crippen molar-refractivity contribution in [1.29, 1.82) is 0 Å². The van der Waals surface area contributed by atoms with Gasteiger partial charge in [0.25, 0.3) is 0 Å². The molecule has 2 aromatic heterocycles. The van der Waals surface area contributed by atoms with Gasteiger partial charge in [-0.15, -0.1) is 0 Å². The maximum atomic E-state index is 13.8. The molecule has 0 radical (unpaired) electrons. The molecular weight excluding hydrogens is 448 g/mol. The van der Waals surface area contributed by atoms with E-state index in [0.717, 1.165) is 34.0 Å². The molecule has 0 aliphatic heterocycles. The number of aryl methyl sites for hydroxylation is 1. The third-order valence-electron chi connectivity index (χ3n) is 6.52. The highest BCUT2D eigenvalue weighted by Gasteiger charge is 2.24. The molecule has 182 valence electrons. The molecule has 0 aliphatic carbocycles. The number of aliphatic hydroxyl groups excluding tert-OH is 1. The minimum absolute atomic E-state index is 0.0415. The molecule has 0 bridgehead atoms. The third-order valence-corrected chi connectivity index (χ3v) is 6.52. The summed E-state index contributed by atoms with van der Waals surface area (Å²) in [6.45, 7) is 3.28. The van der Waals surface area contributed by atoms with Crippen LogP contribution in [0.4, 0.5) is 0 Å². The molecule has 0 amide bonds. The fourth-order valence-electron chi connectivity index (χ4n) is 4.53. The predicted octanol–water partition coefficient (Wildman–Crippen LogP) is 5.09. The number of Topliss-reactive ketones (excluding diaryl/α,β-unsaturated/α-hetero) is 1. The summed E-state index contributed by atoms with van der Waals surface area (Å²) in [6.07, 6.45) is 6.35. The molecule has 0 spiro atoms. The number of aliphatic hydroxyl groups is 1. The molecule has 5 aromatic rings. The van der Waals surface area contributed by atoms with Gasteiger partial charge in [0.15, 0.2) is 5.78 Å². The van der Waals surface area contributed by atoms with Gasteiger partial charge in [-0.2, -0.15) is 5.10 Å². The Morgan fingerprint density at radius 2 is 1.86 bits per heavy atom. The van der Waals surface area contributed by atoms with Gasteiger partial charge < -0.3 is 15.4 Å². The van der Waals surface area contributed by atoms with Crippen LogP contribution in [0.15, 0.2) is 91.4 Å². The number of rotatable bonds is 10. The number of benzene rings is 3. The Kier molecular flexibility index (Phi) is 7.07. The zero-order valence-corrected chi connectivity index (χ0v) is 20.3. The monoisotopic (exact) mass is 478 g/mol. The van der Waals surface area contributed by atoms with Crippen molar-refractivity contribution >= 4 is 16.7 Å². The first-order valence-electron chi connectivity index (χ1n) is 12.3. The Morgan fingerprint density at radius 1 is 1.06 bits per heavy atom. The first-order valence-corrected chi connectivity index (χ1v) is 12.3. The van der Waals surface area contributed by atoms with Crippen molar-refractivity contribution in [1.82, 2.24) is 20.1 Å². The van der Waals surface area contributed by atoms with Crippen molar-refractivity contribution in [2.75, 3.05) is 13.2 Å². The minimum atomic E-state index is -0.438. The molecular formula is C30H30N4O2. The Hall–Kier alpha value is -4.00. The lowest BCUT2D eigenvalue weighted by Gasteiger charge is -2.18. The fraction of sp³-hybridized carbons (Fsp3) is 0.200. The number of carbonyl (C=O) groups is 1. The number of ketones is 1. The number of carbonyl (C=O) groups excluding carboxylic acids is 1. The fourth-order valence-corrected chi connectivity index (χ4v) is 4.53. The molecule has 6 nitrogen and oxygen atoms in total. The van der Waals surface area contributed by atoms with Crippen LogP contribution in [0.3, 0.4) is 0 Å². The molecule has 0 unspecified atom stereocenters. The molecule has 0 fully saturated rings. The summed E-state index contributed by atoms with van der Waals surface area (Å²) in [5, 5.41) is 17.8. The first kappa shape index (κ1) is 23.7. The molecule has 3 aromatic carbocycles. The number of hydrogen-bond acceptors (Lipinski definition) is 4. The van der Waals surface area contributed by atoms with Gasteiger partial charge in [0, 0.05) is 41.0 Å². The predicted molar refractivity (Wildman–Crippen MR) is 143 cm³/mol. The van der Waals surface area contributed by atoms with Crippen molar-refractivity contribution in [2.24, 2.45) is 0 Å². The maximum Gasteiger partial charge on any atom is 0.186 e. The van der Waals surface area contributed by atoms with Crippen molar-refractivity contribution < 1.29 is 9.90 Å². The topological polar surface area (TPSA) is 82.9 Å². The largest absolute Gasteiger partial charge is 0.394 e. The Bertz CT molecular complexity index is 1450. The summed E-state index contributed by atoms with van der Waals surface area (Å²) < 4.78 is 1.72. The zero-order valence-electron chi connectivity index (χ0n) is 20.3. The summed E-state index contributed by atoms with van der Waals surface area (Å²) in [7, 11) is 0. The van der Waals surface area contributed by atoms with E-state index in [2.05, 4.69) is 46.6 Å². The van der Waals surface area contributed by atoms with Crippen LogP contribution in [0.25, 0.3) is 22.0 Å². The summed E-state index contributed by atoms with van der Waals surface area (Å²) >= 11 is 0. The van der Waals surface area contributed by atoms with Gasteiger partial charge in [0.05, 0.1) is 25.4 Å². The molecule has 5 rings (SSSR count). The number of fused-ring (bicyclic) bond motifs is 1. The number of H-pyrrole nitrogens is 1. The SMILES string of the molecule is Cc1ccc(CCN[C@@H](C(=O)c2c[nH]c3cc(-c4cnn(CCO)c4)ccc23)c2ccccc2)cc1. The average Bonchev–Trinajstić information content (AvgIpc) is 3.55. The molecule has 36 heavy (non-hydrogen) atoms. The molecule has 1 atom stereocenters. The van der Waals surface area contributed by atoms with Crippen molar-refractivity contribution in [3.05, 3.63) is 114 Å². The van der Waals surface area contributed by atoms with Gasteiger partial charge in [-0.25, -0.2) is 0 Å². The van der Waals surface area contributed by atoms with E-state index in [9.17, 15) is 4.79 Å². The normalized spacial score (nSPS) is 12.2. The summed E-state index contributed by atoms with van der Waals surface area (Å²) in [6, 6.07) is 24.0. The van der Waals surface area contributed by atoms with Gasteiger partial charge in [-0.05, 0) is 36.1 Å². The summed E-state index contributed by atoms with van der Waals surface area (Å²) in [5.41, 5.74) is 6.98.